The average molecular weight is 417 g/mol. The number of carbonyl (C=O) groups is 2. The molecule has 0 aliphatic carbocycles. The lowest BCUT2D eigenvalue weighted by Crippen LogP contribution is -2.07. The highest BCUT2D eigenvalue weighted by atomic mass is 35.5. The minimum atomic E-state index is -0.793. The van der Waals surface area contributed by atoms with Gasteiger partial charge in [-0.05, 0) is 35.9 Å². The maximum absolute atomic E-state index is 13.4. The summed E-state index contributed by atoms with van der Waals surface area (Å²) in [5.74, 6) is 0.361. The quantitative estimate of drug-likeness (QED) is 0.322. The Morgan fingerprint density at radius 3 is 2.03 bits per heavy atom. The Bertz CT molecular complexity index is 1200. The molecule has 0 atom stereocenters. The maximum atomic E-state index is 13.4. The first-order chi connectivity index (χ1) is 14.6. The largest absolute Gasteiger partial charge is 0.497 e. The van der Waals surface area contributed by atoms with Crippen LogP contribution in [0.1, 0.15) is 26.4 Å². The van der Waals surface area contributed by atoms with Crippen LogP contribution in [0.2, 0.25) is 0 Å². The van der Waals surface area contributed by atoms with Gasteiger partial charge in [0.05, 0.1) is 24.1 Å². The van der Waals surface area contributed by atoms with Crippen molar-refractivity contribution in [1.29, 1.82) is 0 Å². The van der Waals surface area contributed by atoms with Gasteiger partial charge >= 0.3 is 0 Å². The summed E-state index contributed by atoms with van der Waals surface area (Å²) < 4.78 is 6.79. The highest BCUT2D eigenvalue weighted by Gasteiger charge is 2.29. The molecule has 0 bridgehead atoms. The van der Waals surface area contributed by atoms with E-state index in [2.05, 4.69) is 5.10 Å². The van der Waals surface area contributed by atoms with Crippen molar-refractivity contribution >= 4 is 22.6 Å². The van der Waals surface area contributed by atoms with Crippen LogP contribution in [0.15, 0.2) is 84.9 Å². The Kier molecular flexibility index (Phi) is 5.46. The maximum Gasteiger partial charge on any atom is 0.273 e. The Labute approximate surface area is 178 Å². The van der Waals surface area contributed by atoms with Crippen molar-refractivity contribution in [2.24, 2.45) is 0 Å². The van der Waals surface area contributed by atoms with Crippen molar-refractivity contribution in [3.63, 3.8) is 0 Å². The van der Waals surface area contributed by atoms with Crippen LogP contribution in [-0.4, -0.2) is 27.9 Å². The van der Waals surface area contributed by atoms with E-state index in [1.54, 1.807) is 60.3 Å². The fraction of sp³-hybridized carbons (Fsp3) is 0.0417. The number of ketones is 1. The molecule has 4 rings (SSSR count). The van der Waals surface area contributed by atoms with Gasteiger partial charge in [-0.1, -0.05) is 60.7 Å². The molecule has 0 spiro atoms. The molecule has 1 aromatic heterocycles. The van der Waals surface area contributed by atoms with Crippen molar-refractivity contribution < 1.29 is 14.3 Å². The van der Waals surface area contributed by atoms with E-state index < -0.39 is 5.24 Å². The summed E-state index contributed by atoms with van der Waals surface area (Å²) >= 11 is 5.86. The first-order valence-corrected chi connectivity index (χ1v) is 9.60. The van der Waals surface area contributed by atoms with E-state index >= 15 is 0 Å². The number of hydrogen-bond acceptors (Lipinski definition) is 4. The summed E-state index contributed by atoms with van der Waals surface area (Å²) in [5, 5.41) is 3.64. The standard InChI is InChI=1S/C24H17ClN2O3/c1-30-19-14-12-18(13-15-19)27-22(16-8-4-2-5-9-16)20(21(26-27)24(25)29)23(28)17-10-6-3-7-11-17/h2-15H,1H3. The molecule has 0 amide bonds. The minimum absolute atomic E-state index is 0.0832. The van der Waals surface area contributed by atoms with Crippen LogP contribution in [0, 0.1) is 0 Å². The molecule has 30 heavy (non-hydrogen) atoms. The Hall–Kier alpha value is -3.70. The van der Waals surface area contributed by atoms with Crippen LogP contribution in [0.5, 0.6) is 5.75 Å². The number of ether oxygens (including phenoxy) is 1. The van der Waals surface area contributed by atoms with Gasteiger partial charge in [0.2, 0.25) is 0 Å². The van der Waals surface area contributed by atoms with Gasteiger partial charge in [0, 0.05) is 11.1 Å². The van der Waals surface area contributed by atoms with Crippen molar-refractivity contribution in [2.75, 3.05) is 7.11 Å². The third-order valence-electron chi connectivity index (χ3n) is 4.70. The monoisotopic (exact) mass is 416 g/mol. The predicted octanol–water partition coefficient (Wildman–Crippen LogP) is 5.16. The molecule has 3 aromatic carbocycles. The van der Waals surface area contributed by atoms with E-state index in [4.69, 9.17) is 16.3 Å². The molecule has 148 valence electrons. The van der Waals surface area contributed by atoms with Gasteiger partial charge in [-0.3, -0.25) is 9.59 Å². The average Bonchev–Trinajstić information content (AvgIpc) is 3.21. The number of aromatic nitrogens is 2. The summed E-state index contributed by atoms with van der Waals surface area (Å²) in [4.78, 5) is 25.7. The third kappa shape index (κ3) is 3.63. The molecule has 0 fully saturated rings. The zero-order valence-corrected chi connectivity index (χ0v) is 16.8. The van der Waals surface area contributed by atoms with Gasteiger partial charge in [-0.15, -0.1) is 0 Å². The molecular weight excluding hydrogens is 400 g/mol. The number of halogens is 1. The molecular formula is C24H17ClN2O3. The van der Waals surface area contributed by atoms with Gasteiger partial charge in [0.25, 0.3) is 5.24 Å². The first kappa shape index (κ1) is 19.6. The van der Waals surface area contributed by atoms with E-state index in [1.807, 2.05) is 36.4 Å². The molecule has 0 saturated carbocycles. The summed E-state index contributed by atoms with van der Waals surface area (Å²) in [6.07, 6.45) is 0. The zero-order chi connectivity index (χ0) is 21.1. The fourth-order valence-electron chi connectivity index (χ4n) is 3.28. The number of hydrogen-bond donors (Lipinski definition) is 0. The van der Waals surface area contributed by atoms with E-state index in [0.29, 0.717) is 22.7 Å². The third-order valence-corrected chi connectivity index (χ3v) is 4.88. The van der Waals surface area contributed by atoms with Crippen molar-refractivity contribution in [3.05, 3.63) is 102 Å². The van der Waals surface area contributed by atoms with Crippen molar-refractivity contribution in [2.45, 2.75) is 0 Å². The Morgan fingerprint density at radius 2 is 1.47 bits per heavy atom. The fourth-order valence-corrected chi connectivity index (χ4v) is 3.41. The number of rotatable bonds is 6. The SMILES string of the molecule is COc1ccc(-n2nc(C(=O)Cl)c(C(=O)c3ccccc3)c2-c2ccccc2)cc1. The predicted molar refractivity (Wildman–Crippen MR) is 116 cm³/mol. The van der Waals surface area contributed by atoms with Crippen molar-refractivity contribution in [3.8, 4) is 22.7 Å². The van der Waals surface area contributed by atoms with E-state index in [9.17, 15) is 9.59 Å². The Morgan fingerprint density at radius 1 is 0.867 bits per heavy atom. The summed E-state index contributed by atoms with van der Waals surface area (Å²) in [6.45, 7) is 0. The second-order valence-corrected chi connectivity index (χ2v) is 6.86. The lowest BCUT2D eigenvalue weighted by atomic mass is 9.97. The molecule has 0 aliphatic heterocycles. The Balaban J connectivity index is 2.01. The highest BCUT2D eigenvalue weighted by Crippen LogP contribution is 2.32. The molecule has 0 radical (unpaired) electrons. The van der Waals surface area contributed by atoms with Crippen LogP contribution >= 0.6 is 11.6 Å². The minimum Gasteiger partial charge on any atom is -0.497 e. The molecule has 1 heterocycles. The van der Waals surface area contributed by atoms with Gasteiger partial charge in [-0.2, -0.15) is 5.10 Å². The van der Waals surface area contributed by atoms with E-state index in [0.717, 1.165) is 5.56 Å². The first-order valence-electron chi connectivity index (χ1n) is 9.22. The topological polar surface area (TPSA) is 61.2 Å². The second kappa shape index (κ2) is 8.35. The number of methoxy groups -OCH3 is 1. The lowest BCUT2D eigenvalue weighted by Gasteiger charge is -2.10. The smallest absolute Gasteiger partial charge is 0.273 e. The number of benzene rings is 3. The van der Waals surface area contributed by atoms with Gasteiger partial charge in [0.15, 0.2) is 11.5 Å². The van der Waals surface area contributed by atoms with Crippen LogP contribution in [-0.2, 0) is 0 Å². The van der Waals surface area contributed by atoms with E-state index in [-0.39, 0.29) is 17.0 Å². The summed E-state index contributed by atoms with van der Waals surface area (Å²) in [6, 6.07) is 25.3. The molecule has 0 unspecified atom stereocenters. The van der Waals surface area contributed by atoms with E-state index in [1.165, 1.54) is 0 Å². The van der Waals surface area contributed by atoms with Crippen LogP contribution in [0.25, 0.3) is 16.9 Å². The molecule has 4 aromatic rings. The van der Waals surface area contributed by atoms with Gasteiger partial charge in [0.1, 0.15) is 5.75 Å². The number of nitrogens with zero attached hydrogens (tertiary/aromatic N) is 2. The molecule has 5 nitrogen and oxygen atoms in total. The lowest BCUT2D eigenvalue weighted by molar-refractivity contribution is 0.102. The van der Waals surface area contributed by atoms with Crippen molar-refractivity contribution in [1.82, 2.24) is 9.78 Å². The second-order valence-electron chi connectivity index (χ2n) is 6.52. The molecule has 0 N–H and O–H groups in total. The van der Waals surface area contributed by atoms with Gasteiger partial charge < -0.3 is 4.74 Å². The normalized spacial score (nSPS) is 10.6. The number of carbonyl (C=O) groups excluding carboxylic acids is 2. The summed E-state index contributed by atoms with van der Waals surface area (Å²) in [5.41, 5.74) is 2.44. The van der Waals surface area contributed by atoms with Crippen LogP contribution in [0.4, 0.5) is 0 Å². The molecule has 0 aliphatic rings. The summed E-state index contributed by atoms with van der Waals surface area (Å²) in [7, 11) is 1.58. The van der Waals surface area contributed by atoms with Crippen LogP contribution < -0.4 is 4.74 Å². The van der Waals surface area contributed by atoms with Gasteiger partial charge in [-0.25, -0.2) is 4.68 Å². The zero-order valence-electron chi connectivity index (χ0n) is 16.1. The highest BCUT2D eigenvalue weighted by molar-refractivity contribution is 6.68. The molecule has 0 saturated heterocycles. The van der Waals surface area contributed by atoms with Crippen LogP contribution in [0.3, 0.4) is 0 Å². The molecule has 6 heteroatoms.